The SMILES string of the molecule is Cc1ccc(S(=O)(=O)N(C#Cc2ccc(Br)cc2)S(=O)(=O)c2ccc(C)cc2)cc1. The maximum absolute atomic E-state index is 13.2. The van der Waals surface area contributed by atoms with Crippen molar-refractivity contribution in [2.45, 2.75) is 23.6 Å². The number of hydrogen-bond donors (Lipinski definition) is 0. The molecule has 0 unspecified atom stereocenters. The van der Waals surface area contributed by atoms with Gasteiger partial charge in [-0.1, -0.05) is 51.3 Å². The predicted molar refractivity (Wildman–Crippen MR) is 120 cm³/mol. The highest BCUT2D eigenvalue weighted by atomic mass is 79.9. The van der Waals surface area contributed by atoms with Crippen LogP contribution in [-0.2, 0) is 20.0 Å². The number of nitrogens with zero attached hydrogens (tertiary/aromatic N) is 1. The van der Waals surface area contributed by atoms with E-state index in [1.54, 1.807) is 48.5 Å². The lowest BCUT2D eigenvalue weighted by Gasteiger charge is -2.18. The van der Waals surface area contributed by atoms with Crippen LogP contribution in [0.3, 0.4) is 0 Å². The standard InChI is InChI=1S/C22H18BrNO4S2/c1-17-3-11-21(12-4-17)29(25,26)24(16-15-19-7-9-20(23)10-8-19)30(27,28)22-13-5-18(2)6-14-22/h3-14H,1-2H3. The third-order valence-electron chi connectivity index (χ3n) is 4.21. The molecule has 154 valence electrons. The van der Waals surface area contributed by atoms with E-state index in [2.05, 4.69) is 27.9 Å². The Morgan fingerprint density at radius 1 is 0.667 bits per heavy atom. The molecule has 0 aliphatic heterocycles. The summed E-state index contributed by atoms with van der Waals surface area (Å²) in [5, 5.41) is 0. The molecule has 0 radical (unpaired) electrons. The van der Waals surface area contributed by atoms with Crippen LogP contribution in [0.1, 0.15) is 16.7 Å². The molecule has 0 fully saturated rings. The molecule has 3 aromatic rings. The lowest BCUT2D eigenvalue weighted by Crippen LogP contribution is -2.33. The summed E-state index contributed by atoms with van der Waals surface area (Å²) < 4.78 is 54.0. The molecule has 0 spiro atoms. The van der Waals surface area contributed by atoms with Gasteiger partial charge in [0.2, 0.25) is 0 Å². The van der Waals surface area contributed by atoms with Crippen molar-refractivity contribution in [3.8, 4) is 12.0 Å². The molecule has 0 aliphatic rings. The Morgan fingerprint density at radius 3 is 1.47 bits per heavy atom. The molecule has 0 bridgehead atoms. The van der Waals surface area contributed by atoms with Gasteiger partial charge in [0.05, 0.1) is 9.79 Å². The molecule has 0 N–H and O–H groups in total. The van der Waals surface area contributed by atoms with E-state index in [4.69, 9.17) is 0 Å². The average molecular weight is 504 g/mol. The highest BCUT2D eigenvalue weighted by Crippen LogP contribution is 2.24. The summed E-state index contributed by atoms with van der Waals surface area (Å²) >= 11 is 3.31. The number of sulfonamides is 2. The first-order valence-corrected chi connectivity index (χ1v) is 12.5. The smallest absolute Gasteiger partial charge is 0.199 e. The highest BCUT2D eigenvalue weighted by Gasteiger charge is 2.34. The van der Waals surface area contributed by atoms with E-state index in [0.29, 0.717) is 5.56 Å². The second-order valence-corrected chi connectivity index (χ2v) is 11.3. The summed E-state index contributed by atoms with van der Waals surface area (Å²) in [4.78, 5) is -0.317. The van der Waals surface area contributed by atoms with E-state index in [0.717, 1.165) is 15.6 Å². The molecule has 0 heterocycles. The zero-order chi connectivity index (χ0) is 21.9. The van der Waals surface area contributed by atoms with Crippen LogP contribution >= 0.6 is 15.9 Å². The Labute approximate surface area is 185 Å². The first-order valence-electron chi connectivity index (χ1n) is 8.82. The third kappa shape index (κ3) is 4.75. The van der Waals surface area contributed by atoms with Crippen molar-refractivity contribution in [3.63, 3.8) is 0 Å². The fraction of sp³-hybridized carbons (Fsp3) is 0.0909. The lowest BCUT2D eigenvalue weighted by molar-refractivity contribution is 0.542. The summed E-state index contributed by atoms with van der Waals surface area (Å²) in [7, 11) is -8.90. The minimum atomic E-state index is -4.45. The van der Waals surface area contributed by atoms with Gasteiger partial charge in [0.1, 0.15) is 0 Å². The summed E-state index contributed by atoms with van der Waals surface area (Å²) in [6.07, 6.45) is 0. The van der Waals surface area contributed by atoms with E-state index in [9.17, 15) is 16.8 Å². The Hall–Kier alpha value is -2.60. The molecule has 3 aromatic carbocycles. The van der Waals surface area contributed by atoms with E-state index >= 15 is 0 Å². The normalized spacial score (nSPS) is 11.4. The third-order valence-corrected chi connectivity index (χ3v) is 8.71. The molecule has 8 heteroatoms. The first-order chi connectivity index (χ1) is 14.1. The lowest BCUT2D eigenvalue weighted by atomic mass is 10.2. The first kappa shape index (κ1) is 22.1. The largest absolute Gasteiger partial charge is 0.284 e. The molecule has 0 saturated heterocycles. The second-order valence-electron chi connectivity index (χ2n) is 6.58. The molecular formula is C22H18BrNO4S2. The molecule has 0 saturated carbocycles. The summed E-state index contributed by atoms with van der Waals surface area (Å²) in [6, 6.07) is 21.0. The van der Waals surface area contributed by atoms with Crippen LogP contribution < -0.4 is 0 Å². The van der Waals surface area contributed by atoms with Crippen molar-refractivity contribution in [3.05, 3.63) is 94.0 Å². The van der Waals surface area contributed by atoms with Gasteiger partial charge in [-0.2, -0.15) is 16.8 Å². The molecule has 3 rings (SSSR count). The van der Waals surface area contributed by atoms with Gasteiger partial charge in [0.15, 0.2) is 0 Å². The van der Waals surface area contributed by atoms with Gasteiger partial charge in [0.25, 0.3) is 20.0 Å². The van der Waals surface area contributed by atoms with Gasteiger partial charge < -0.3 is 0 Å². The van der Waals surface area contributed by atoms with Crippen molar-refractivity contribution in [2.75, 3.05) is 0 Å². The number of halogens is 1. The number of hydrogen-bond acceptors (Lipinski definition) is 4. The molecule has 0 aromatic heterocycles. The fourth-order valence-electron chi connectivity index (χ4n) is 2.50. The van der Waals surface area contributed by atoms with Crippen molar-refractivity contribution in [2.24, 2.45) is 0 Å². The minimum Gasteiger partial charge on any atom is -0.199 e. The Morgan fingerprint density at radius 2 is 1.07 bits per heavy atom. The van der Waals surface area contributed by atoms with Crippen LogP contribution in [0, 0.1) is 25.8 Å². The molecular weight excluding hydrogens is 486 g/mol. The second kappa shape index (κ2) is 8.64. The van der Waals surface area contributed by atoms with Crippen molar-refractivity contribution < 1.29 is 16.8 Å². The van der Waals surface area contributed by atoms with Gasteiger partial charge in [-0.25, -0.2) is 0 Å². The van der Waals surface area contributed by atoms with E-state index < -0.39 is 20.0 Å². The predicted octanol–water partition coefficient (Wildman–Crippen LogP) is 4.45. The van der Waals surface area contributed by atoms with E-state index in [1.165, 1.54) is 24.3 Å². The Kier molecular flexibility index (Phi) is 6.36. The van der Waals surface area contributed by atoms with Gasteiger partial charge in [0, 0.05) is 16.1 Å². The summed E-state index contributed by atoms with van der Waals surface area (Å²) in [5.41, 5.74) is 2.17. The Balaban J connectivity index is 2.17. The van der Waals surface area contributed by atoms with Crippen LogP contribution in [0.25, 0.3) is 0 Å². The minimum absolute atomic E-state index is 0.158. The molecule has 5 nitrogen and oxygen atoms in total. The summed E-state index contributed by atoms with van der Waals surface area (Å²) in [5.74, 6) is 2.64. The fourth-order valence-corrected chi connectivity index (χ4v) is 5.99. The van der Waals surface area contributed by atoms with Gasteiger partial charge in [-0.3, -0.25) is 0 Å². The van der Waals surface area contributed by atoms with Crippen molar-refractivity contribution in [1.82, 2.24) is 3.71 Å². The van der Waals surface area contributed by atoms with Crippen LogP contribution in [-0.4, -0.2) is 20.5 Å². The van der Waals surface area contributed by atoms with E-state index in [1.807, 2.05) is 13.8 Å². The van der Waals surface area contributed by atoms with Gasteiger partial charge in [-0.05, 0) is 68.3 Å². The molecule has 0 atom stereocenters. The molecule has 0 amide bonds. The number of aryl methyl sites for hydroxylation is 2. The van der Waals surface area contributed by atoms with Gasteiger partial charge in [-0.15, -0.1) is 3.71 Å². The van der Waals surface area contributed by atoms with Crippen LogP contribution in [0.5, 0.6) is 0 Å². The maximum atomic E-state index is 13.2. The highest BCUT2D eigenvalue weighted by molar-refractivity contribution is 9.10. The van der Waals surface area contributed by atoms with Crippen molar-refractivity contribution in [1.29, 1.82) is 0 Å². The quantitative estimate of drug-likeness (QED) is 0.389. The zero-order valence-electron chi connectivity index (χ0n) is 16.2. The van der Waals surface area contributed by atoms with Crippen molar-refractivity contribution >= 4 is 36.0 Å². The molecule has 30 heavy (non-hydrogen) atoms. The summed E-state index contributed by atoms with van der Waals surface area (Å²) in [6.45, 7) is 3.62. The number of benzene rings is 3. The zero-order valence-corrected chi connectivity index (χ0v) is 19.4. The van der Waals surface area contributed by atoms with Crippen LogP contribution in [0.2, 0.25) is 0 Å². The molecule has 0 aliphatic carbocycles. The van der Waals surface area contributed by atoms with E-state index in [-0.39, 0.29) is 13.5 Å². The van der Waals surface area contributed by atoms with Crippen LogP contribution in [0.4, 0.5) is 0 Å². The maximum Gasteiger partial charge on any atom is 0.284 e. The Bertz CT molecular complexity index is 1240. The topological polar surface area (TPSA) is 71.5 Å². The van der Waals surface area contributed by atoms with Gasteiger partial charge >= 0.3 is 0 Å². The van der Waals surface area contributed by atoms with Crippen LogP contribution in [0.15, 0.2) is 87.1 Å². The average Bonchev–Trinajstić information content (AvgIpc) is 2.70. The number of rotatable bonds is 4. The monoisotopic (exact) mass is 503 g/mol.